The number of rotatable bonds is 5. The monoisotopic (exact) mass is 292 g/mol. The van der Waals surface area contributed by atoms with E-state index in [0.29, 0.717) is 0 Å². The van der Waals surface area contributed by atoms with Crippen LogP contribution in [0.2, 0.25) is 0 Å². The Labute approximate surface area is 96.6 Å². The second kappa shape index (κ2) is 7.60. The minimum Gasteiger partial charge on any atom is -0.0813 e. The van der Waals surface area contributed by atoms with Crippen LogP contribution in [0.1, 0.15) is 53.4 Å². The quantitative estimate of drug-likeness (QED) is 0.480. The van der Waals surface area contributed by atoms with Crippen LogP contribution in [0.25, 0.3) is 0 Å². The number of hydrogen-bond acceptors (Lipinski definition) is 0. The molecule has 0 aliphatic heterocycles. The van der Waals surface area contributed by atoms with Crippen molar-refractivity contribution in [3.63, 3.8) is 0 Å². The summed E-state index contributed by atoms with van der Waals surface area (Å²) in [5, 5.41) is 0. The first-order valence-electron chi connectivity index (χ1n) is 5.27. The molecule has 76 valence electrons. The molecule has 1 heteroatoms. The van der Waals surface area contributed by atoms with Gasteiger partial charge in [-0.2, -0.15) is 0 Å². The molecule has 0 aromatic rings. The summed E-state index contributed by atoms with van der Waals surface area (Å²) in [6.07, 6.45) is 7.04. The molecular formula is C12H21I. The van der Waals surface area contributed by atoms with E-state index in [1.807, 2.05) is 0 Å². The lowest BCUT2D eigenvalue weighted by molar-refractivity contribution is 0.982. The lowest BCUT2D eigenvalue weighted by atomic mass is 9.99. The first-order chi connectivity index (χ1) is 6.21. The molecule has 0 unspecified atom stereocenters. The Hall–Kier alpha value is 0.210. The Balaban J connectivity index is 4.83. The molecule has 0 bridgehead atoms. The highest BCUT2D eigenvalue weighted by Crippen LogP contribution is 2.27. The van der Waals surface area contributed by atoms with Gasteiger partial charge in [0.1, 0.15) is 0 Å². The van der Waals surface area contributed by atoms with Gasteiger partial charge in [0, 0.05) is 0 Å². The van der Waals surface area contributed by atoms with Crippen molar-refractivity contribution in [3.8, 4) is 0 Å². The number of halogens is 1. The van der Waals surface area contributed by atoms with Crippen LogP contribution in [0.15, 0.2) is 20.8 Å². The van der Waals surface area contributed by atoms with Gasteiger partial charge in [-0.15, -0.1) is 0 Å². The third kappa shape index (κ3) is 4.30. The summed E-state index contributed by atoms with van der Waals surface area (Å²) in [6.45, 7) is 8.94. The maximum atomic E-state index is 2.48. The molecule has 0 saturated carbocycles. The first kappa shape index (κ1) is 13.2. The lowest BCUT2D eigenvalue weighted by Gasteiger charge is -2.11. The van der Waals surface area contributed by atoms with Gasteiger partial charge in [0.2, 0.25) is 0 Å². The fraction of sp³-hybridized carbons (Fsp3) is 0.667. The Morgan fingerprint density at radius 2 is 1.62 bits per heavy atom. The first-order valence-corrected chi connectivity index (χ1v) is 6.35. The molecule has 0 spiro atoms. The molecule has 0 saturated heterocycles. The van der Waals surface area contributed by atoms with Crippen LogP contribution in [0.3, 0.4) is 0 Å². The van der Waals surface area contributed by atoms with Gasteiger partial charge < -0.3 is 0 Å². The standard InChI is InChI=1S/C12H21I/c1-5-9-10(6-2)11(7-3)12(13)8-4/h9H,5-8H2,1-4H3. The summed E-state index contributed by atoms with van der Waals surface area (Å²) in [7, 11) is 0. The zero-order chi connectivity index (χ0) is 10.3. The SMILES string of the molecule is CCC=C(CC)C(CC)=C(I)CC. The van der Waals surface area contributed by atoms with Gasteiger partial charge in [0.15, 0.2) is 0 Å². The molecule has 0 nitrogen and oxygen atoms in total. The van der Waals surface area contributed by atoms with Crippen molar-refractivity contribution in [3.05, 3.63) is 20.8 Å². The molecular weight excluding hydrogens is 271 g/mol. The van der Waals surface area contributed by atoms with E-state index in [0.717, 1.165) is 6.42 Å². The molecule has 0 fully saturated rings. The lowest BCUT2D eigenvalue weighted by Crippen LogP contribution is -1.90. The van der Waals surface area contributed by atoms with Crippen molar-refractivity contribution in [2.45, 2.75) is 53.4 Å². The average Bonchev–Trinajstić information content (AvgIpc) is 2.17. The number of allylic oxidation sites excluding steroid dienone is 4. The molecule has 0 heterocycles. The van der Waals surface area contributed by atoms with Crippen LogP contribution in [-0.4, -0.2) is 0 Å². The Morgan fingerprint density at radius 3 is 1.92 bits per heavy atom. The summed E-state index contributed by atoms with van der Waals surface area (Å²) in [6, 6.07) is 0. The molecule has 0 aliphatic carbocycles. The normalized spacial score (nSPS) is 14.4. The van der Waals surface area contributed by atoms with Crippen LogP contribution < -0.4 is 0 Å². The van der Waals surface area contributed by atoms with Gasteiger partial charge in [-0.25, -0.2) is 0 Å². The summed E-state index contributed by atoms with van der Waals surface area (Å²) < 4.78 is 1.53. The van der Waals surface area contributed by atoms with Crippen molar-refractivity contribution in [1.29, 1.82) is 0 Å². The van der Waals surface area contributed by atoms with E-state index in [1.54, 1.807) is 11.1 Å². The fourth-order valence-corrected chi connectivity index (χ4v) is 2.26. The van der Waals surface area contributed by atoms with Gasteiger partial charge in [0.05, 0.1) is 0 Å². The van der Waals surface area contributed by atoms with Crippen molar-refractivity contribution in [1.82, 2.24) is 0 Å². The maximum absolute atomic E-state index is 2.48. The Kier molecular flexibility index (Phi) is 7.72. The molecule has 0 atom stereocenters. The van der Waals surface area contributed by atoms with Crippen molar-refractivity contribution >= 4 is 22.6 Å². The smallest absolute Gasteiger partial charge is 0.00623 e. The summed E-state index contributed by atoms with van der Waals surface area (Å²) >= 11 is 2.48. The van der Waals surface area contributed by atoms with Gasteiger partial charge in [-0.1, -0.05) is 33.8 Å². The van der Waals surface area contributed by atoms with Gasteiger partial charge >= 0.3 is 0 Å². The maximum Gasteiger partial charge on any atom is -0.00623 e. The molecule has 0 aromatic heterocycles. The van der Waals surface area contributed by atoms with E-state index >= 15 is 0 Å². The number of hydrogen-bond donors (Lipinski definition) is 0. The van der Waals surface area contributed by atoms with E-state index in [9.17, 15) is 0 Å². The zero-order valence-corrected chi connectivity index (χ0v) is 11.4. The third-order valence-electron chi connectivity index (χ3n) is 2.21. The molecule has 0 N–H and O–H groups in total. The van der Waals surface area contributed by atoms with Crippen molar-refractivity contribution < 1.29 is 0 Å². The zero-order valence-electron chi connectivity index (χ0n) is 9.28. The Morgan fingerprint density at radius 1 is 1.00 bits per heavy atom. The molecule has 0 rings (SSSR count). The van der Waals surface area contributed by atoms with Crippen molar-refractivity contribution in [2.75, 3.05) is 0 Å². The highest BCUT2D eigenvalue weighted by atomic mass is 127. The summed E-state index contributed by atoms with van der Waals surface area (Å²) in [5.74, 6) is 0. The average molecular weight is 292 g/mol. The summed E-state index contributed by atoms with van der Waals surface area (Å²) in [5.41, 5.74) is 3.13. The van der Waals surface area contributed by atoms with Gasteiger partial charge in [-0.3, -0.25) is 0 Å². The molecule has 0 aliphatic rings. The Bertz CT molecular complexity index is 199. The predicted molar refractivity (Wildman–Crippen MR) is 70.3 cm³/mol. The predicted octanol–water partition coefficient (Wildman–Crippen LogP) is 5.24. The van der Waals surface area contributed by atoms with Crippen LogP contribution in [0, 0.1) is 0 Å². The van der Waals surface area contributed by atoms with Crippen molar-refractivity contribution in [2.24, 2.45) is 0 Å². The van der Waals surface area contributed by atoms with E-state index in [2.05, 4.69) is 56.4 Å². The highest BCUT2D eigenvalue weighted by molar-refractivity contribution is 14.1. The van der Waals surface area contributed by atoms with Gasteiger partial charge in [0.25, 0.3) is 0 Å². The second-order valence-corrected chi connectivity index (χ2v) is 4.38. The van der Waals surface area contributed by atoms with Gasteiger partial charge in [-0.05, 0) is 63.0 Å². The second-order valence-electron chi connectivity index (χ2n) is 3.08. The van der Waals surface area contributed by atoms with E-state index < -0.39 is 0 Å². The molecule has 0 aromatic carbocycles. The van der Waals surface area contributed by atoms with E-state index in [-0.39, 0.29) is 0 Å². The van der Waals surface area contributed by atoms with E-state index in [4.69, 9.17) is 0 Å². The molecule has 13 heavy (non-hydrogen) atoms. The molecule has 0 amide bonds. The largest absolute Gasteiger partial charge is 0.0813 e. The van der Waals surface area contributed by atoms with Crippen LogP contribution in [-0.2, 0) is 0 Å². The topological polar surface area (TPSA) is 0 Å². The third-order valence-corrected chi connectivity index (χ3v) is 3.62. The highest BCUT2D eigenvalue weighted by Gasteiger charge is 2.04. The fourth-order valence-electron chi connectivity index (χ4n) is 1.53. The van der Waals surface area contributed by atoms with Crippen LogP contribution >= 0.6 is 22.6 Å². The summed E-state index contributed by atoms with van der Waals surface area (Å²) in [4.78, 5) is 0. The molecule has 0 radical (unpaired) electrons. The minimum atomic E-state index is 1.15. The van der Waals surface area contributed by atoms with E-state index in [1.165, 1.54) is 22.8 Å². The van der Waals surface area contributed by atoms with Crippen LogP contribution in [0.4, 0.5) is 0 Å². The van der Waals surface area contributed by atoms with Crippen LogP contribution in [0.5, 0.6) is 0 Å². The minimum absolute atomic E-state index is 1.15.